The first-order valence-corrected chi connectivity index (χ1v) is 7.62. The molecule has 1 heterocycles. The second-order valence-electron chi connectivity index (χ2n) is 4.80. The zero-order valence-corrected chi connectivity index (χ0v) is 12.9. The first kappa shape index (κ1) is 17.1. The van der Waals surface area contributed by atoms with Gasteiger partial charge in [-0.3, -0.25) is 4.79 Å². The second kappa shape index (κ2) is 9.10. The van der Waals surface area contributed by atoms with Gasteiger partial charge >= 0.3 is 0 Å². The van der Waals surface area contributed by atoms with Gasteiger partial charge in [0.15, 0.2) is 0 Å². The summed E-state index contributed by atoms with van der Waals surface area (Å²) in [6.07, 6.45) is 2.39. The number of rotatable bonds is 5. The molecule has 1 aromatic carbocycles. The summed E-state index contributed by atoms with van der Waals surface area (Å²) in [5.74, 6) is 1.31. The minimum atomic E-state index is 0. The highest BCUT2D eigenvalue weighted by molar-refractivity contribution is 8.00. The van der Waals surface area contributed by atoms with Crippen LogP contribution in [-0.2, 0) is 4.79 Å². The maximum atomic E-state index is 11.7. The Balaban J connectivity index is 0.00000200. The first-order valence-electron chi connectivity index (χ1n) is 6.63. The Hall–Kier alpha value is -0.910. The van der Waals surface area contributed by atoms with Crippen molar-refractivity contribution >= 4 is 30.1 Å². The van der Waals surface area contributed by atoms with Crippen molar-refractivity contribution < 1.29 is 9.90 Å². The number of phenols is 1. The SMILES string of the molecule is Cl.O=C(CSc1ccc(O)cc1)NCC1CCCNC1. The number of carbonyl (C=O) groups is 1. The van der Waals surface area contributed by atoms with E-state index in [0.717, 1.165) is 24.5 Å². The maximum Gasteiger partial charge on any atom is 0.230 e. The van der Waals surface area contributed by atoms with Gasteiger partial charge in [0.05, 0.1) is 5.75 Å². The molecule has 1 atom stereocenters. The molecule has 1 aliphatic heterocycles. The topological polar surface area (TPSA) is 61.4 Å². The van der Waals surface area contributed by atoms with Gasteiger partial charge in [-0.05, 0) is 56.1 Å². The van der Waals surface area contributed by atoms with E-state index in [-0.39, 0.29) is 24.1 Å². The Morgan fingerprint density at radius 3 is 2.80 bits per heavy atom. The summed E-state index contributed by atoms with van der Waals surface area (Å²) in [4.78, 5) is 12.7. The molecule has 4 nitrogen and oxygen atoms in total. The second-order valence-corrected chi connectivity index (χ2v) is 5.85. The standard InChI is InChI=1S/C14H20N2O2S.ClH/c17-12-3-5-13(6-4-12)19-10-14(18)16-9-11-2-1-7-15-8-11;/h3-6,11,15,17H,1-2,7-10H2,(H,16,18);1H. The molecular weight excluding hydrogens is 296 g/mol. The first-order chi connectivity index (χ1) is 9.24. The molecule has 0 bridgehead atoms. The molecule has 112 valence electrons. The number of carbonyl (C=O) groups excluding carboxylic acids is 1. The van der Waals surface area contributed by atoms with Crippen molar-refractivity contribution in [2.75, 3.05) is 25.4 Å². The number of amides is 1. The van der Waals surface area contributed by atoms with Crippen molar-refractivity contribution in [3.8, 4) is 5.75 Å². The molecule has 1 amide bonds. The van der Waals surface area contributed by atoms with Crippen LogP contribution < -0.4 is 10.6 Å². The lowest BCUT2D eigenvalue weighted by atomic mass is 10.00. The highest BCUT2D eigenvalue weighted by Crippen LogP contribution is 2.20. The van der Waals surface area contributed by atoms with E-state index in [1.54, 1.807) is 12.1 Å². The molecule has 1 aromatic rings. The summed E-state index contributed by atoms with van der Waals surface area (Å²) in [5.41, 5.74) is 0. The number of benzene rings is 1. The third-order valence-corrected chi connectivity index (χ3v) is 4.21. The molecule has 1 unspecified atom stereocenters. The fraction of sp³-hybridized carbons (Fsp3) is 0.500. The van der Waals surface area contributed by atoms with E-state index in [1.165, 1.54) is 24.6 Å². The fourth-order valence-corrected chi connectivity index (χ4v) is 2.83. The maximum absolute atomic E-state index is 11.7. The third-order valence-electron chi connectivity index (χ3n) is 3.19. The molecular formula is C14H21ClN2O2S. The van der Waals surface area contributed by atoms with Gasteiger partial charge in [-0.2, -0.15) is 0 Å². The van der Waals surface area contributed by atoms with E-state index in [9.17, 15) is 4.79 Å². The van der Waals surface area contributed by atoms with Gasteiger partial charge in [0, 0.05) is 11.4 Å². The molecule has 6 heteroatoms. The summed E-state index contributed by atoms with van der Waals surface area (Å²) >= 11 is 1.49. The summed E-state index contributed by atoms with van der Waals surface area (Å²) in [7, 11) is 0. The molecule has 0 aromatic heterocycles. The van der Waals surface area contributed by atoms with Crippen molar-refractivity contribution in [1.29, 1.82) is 0 Å². The Kier molecular flexibility index (Phi) is 7.80. The number of hydrogen-bond donors (Lipinski definition) is 3. The molecule has 0 aliphatic carbocycles. The number of piperidine rings is 1. The normalized spacial score (nSPS) is 18.1. The average molecular weight is 317 g/mol. The van der Waals surface area contributed by atoms with Gasteiger partial charge in [0.1, 0.15) is 5.75 Å². The van der Waals surface area contributed by atoms with Gasteiger partial charge in [0.25, 0.3) is 0 Å². The highest BCUT2D eigenvalue weighted by atomic mass is 35.5. The molecule has 2 rings (SSSR count). The molecule has 1 saturated heterocycles. The molecule has 1 fully saturated rings. The molecule has 20 heavy (non-hydrogen) atoms. The minimum absolute atomic E-state index is 0. The molecule has 0 saturated carbocycles. The Morgan fingerprint density at radius 1 is 1.40 bits per heavy atom. The number of hydrogen-bond acceptors (Lipinski definition) is 4. The van der Waals surface area contributed by atoms with Crippen LogP contribution in [0, 0.1) is 5.92 Å². The highest BCUT2D eigenvalue weighted by Gasteiger charge is 2.13. The predicted molar refractivity (Wildman–Crippen MR) is 84.7 cm³/mol. The summed E-state index contributed by atoms with van der Waals surface area (Å²) in [6.45, 7) is 2.87. The van der Waals surface area contributed by atoms with Crippen LogP contribution in [0.5, 0.6) is 5.75 Å². The quantitative estimate of drug-likeness (QED) is 0.727. The molecule has 1 aliphatic rings. The Labute approximate surface area is 130 Å². The van der Waals surface area contributed by atoms with E-state index >= 15 is 0 Å². The fourth-order valence-electron chi connectivity index (χ4n) is 2.10. The smallest absolute Gasteiger partial charge is 0.230 e. The van der Waals surface area contributed by atoms with Crippen LogP contribution >= 0.6 is 24.2 Å². The van der Waals surface area contributed by atoms with Crippen LogP contribution in [0.4, 0.5) is 0 Å². The summed E-state index contributed by atoms with van der Waals surface area (Å²) < 4.78 is 0. The lowest BCUT2D eigenvalue weighted by Gasteiger charge is -2.22. The lowest BCUT2D eigenvalue weighted by molar-refractivity contribution is -0.118. The zero-order chi connectivity index (χ0) is 13.5. The van der Waals surface area contributed by atoms with Crippen LogP contribution in [0.2, 0.25) is 0 Å². The van der Waals surface area contributed by atoms with E-state index in [4.69, 9.17) is 5.11 Å². The summed E-state index contributed by atoms with van der Waals surface area (Å²) in [5, 5.41) is 15.5. The van der Waals surface area contributed by atoms with Crippen molar-refractivity contribution in [3.63, 3.8) is 0 Å². The van der Waals surface area contributed by atoms with Crippen molar-refractivity contribution in [2.24, 2.45) is 5.92 Å². The zero-order valence-electron chi connectivity index (χ0n) is 11.3. The van der Waals surface area contributed by atoms with Crippen LogP contribution in [0.1, 0.15) is 12.8 Å². The average Bonchev–Trinajstić information content (AvgIpc) is 2.45. The van der Waals surface area contributed by atoms with Gasteiger partial charge in [-0.15, -0.1) is 24.2 Å². The molecule has 0 radical (unpaired) electrons. The largest absolute Gasteiger partial charge is 0.508 e. The van der Waals surface area contributed by atoms with E-state index in [2.05, 4.69) is 10.6 Å². The van der Waals surface area contributed by atoms with Crippen LogP contribution in [0.15, 0.2) is 29.2 Å². The van der Waals surface area contributed by atoms with Gasteiger partial charge < -0.3 is 15.7 Å². The number of aromatic hydroxyl groups is 1. The van der Waals surface area contributed by atoms with Crippen molar-refractivity contribution in [2.45, 2.75) is 17.7 Å². The number of thioether (sulfide) groups is 1. The van der Waals surface area contributed by atoms with E-state index < -0.39 is 0 Å². The van der Waals surface area contributed by atoms with Crippen molar-refractivity contribution in [3.05, 3.63) is 24.3 Å². The van der Waals surface area contributed by atoms with Crippen molar-refractivity contribution in [1.82, 2.24) is 10.6 Å². The molecule has 0 spiro atoms. The van der Waals surface area contributed by atoms with Crippen LogP contribution in [0.3, 0.4) is 0 Å². The van der Waals surface area contributed by atoms with E-state index in [1.807, 2.05) is 12.1 Å². The monoisotopic (exact) mass is 316 g/mol. The van der Waals surface area contributed by atoms with Gasteiger partial charge in [-0.1, -0.05) is 0 Å². The summed E-state index contributed by atoms with van der Waals surface area (Å²) in [6, 6.07) is 6.90. The van der Waals surface area contributed by atoms with Gasteiger partial charge in [0.2, 0.25) is 5.91 Å². The predicted octanol–water partition coefficient (Wildman–Crippen LogP) is 2.02. The number of nitrogens with one attached hydrogen (secondary N) is 2. The minimum Gasteiger partial charge on any atom is -0.508 e. The number of halogens is 1. The number of phenolic OH excluding ortho intramolecular Hbond substituents is 1. The third kappa shape index (κ3) is 6.03. The van der Waals surface area contributed by atoms with Gasteiger partial charge in [-0.25, -0.2) is 0 Å². The van der Waals surface area contributed by atoms with Crippen LogP contribution in [0.25, 0.3) is 0 Å². The Bertz CT molecular complexity index is 408. The van der Waals surface area contributed by atoms with E-state index in [0.29, 0.717) is 11.7 Å². The lowest BCUT2D eigenvalue weighted by Crippen LogP contribution is -2.38. The van der Waals surface area contributed by atoms with Crippen LogP contribution in [-0.4, -0.2) is 36.4 Å². The molecule has 3 N–H and O–H groups in total. The Morgan fingerprint density at radius 2 is 2.15 bits per heavy atom.